The lowest BCUT2D eigenvalue weighted by Gasteiger charge is -2.03. The number of nitrogens with zero attached hydrogens (tertiary/aromatic N) is 1. The summed E-state index contributed by atoms with van der Waals surface area (Å²) >= 11 is 5.83. The number of rotatable bonds is 2. The lowest BCUT2D eigenvalue weighted by molar-refractivity contribution is 0.415. The third-order valence-corrected chi connectivity index (χ3v) is 2.65. The van der Waals surface area contributed by atoms with Crippen molar-refractivity contribution in [3.05, 3.63) is 45.6 Å². The molecule has 1 aromatic heterocycles. The van der Waals surface area contributed by atoms with Gasteiger partial charge in [0.15, 0.2) is 10.8 Å². The first-order valence-corrected chi connectivity index (χ1v) is 5.31. The zero-order valence-electron chi connectivity index (χ0n) is 9.36. The Kier molecular flexibility index (Phi) is 3.15. The maximum absolute atomic E-state index is 11.6. The smallest absolute Gasteiger partial charge is 0.362 e. The summed E-state index contributed by atoms with van der Waals surface area (Å²) in [7, 11) is 1.57. The Labute approximate surface area is 103 Å². The molecule has 0 aliphatic rings. The van der Waals surface area contributed by atoms with E-state index < -0.39 is 5.63 Å². The van der Waals surface area contributed by atoms with Crippen molar-refractivity contribution in [3.63, 3.8) is 0 Å². The average molecular weight is 252 g/mol. The topological polar surface area (TPSA) is 52.3 Å². The van der Waals surface area contributed by atoms with Gasteiger partial charge in [-0.2, -0.15) is 0 Å². The third kappa shape index (κ3) is 2.31. The number of halogens is 1. The highest BCUT2D eigenvalue weighted by Gasteiger charge is 2.10. The SMILES string of the molecule is COc1ccc(-c2nc(Cl)c(C)oc2=O)cc1. The molecule has 0 fully saturated rings. The molecule has 0 amide bonds. The van der Waals surface area contributed by atoms with E-state index in [2.05, 4.69) is 4.98 Å². The summed E-state index contributed by atoms with van der Waals surface area (Å²) in [5, 5.41) is 0.190. The summed E-state index contributed by atoms with van der Waals surface area (Å²) in [5.74, 6) is 1.02. The molecule has 0 spiro atoms. The van der Waals surface area contributed by atoms with Gasteiger partial charge in [-0.25, -0.2) is 9.78 Å². The zero-order chi connectivity index (χ0) is 12.4. The van der Waals surface area contributed by atoms with Crippen LogP contribution in [0.3, 0.4) is 0 Å². The van der Waals surface area contributed by atoms with Gasteiger partial charge in [-0.3, -0.25) is 0 Å². The number of aromatic nitrogens is 1. The van der Waals surface area contributed by atoms with Crippen LogP contribution in [0.5, 0.6) is 5.75 Å². The molecule has 1 heterocycles. The molecule has 1 aromatic carbocycles. The van der Waals surface area contributed by atoms with E-state index in [1.807, 2.05) is 0 Å². The van der Waals surface area contributed by atoms with E-state index in [9.17, 15) is 4.79 Å². The maximum Gasteiger partial charge on any atom is 0.362 e. The lowest BCUT2D eigenvalue weighted by Crippen LogP contribution is -2.07. The van der Waals surface area contributed by atoms with Crippen LogP contribution in [0.1, 0.15) is 5.76 Å². The Morgan fingerprint density at radius 3 is 2.53 bits per heavy atom. The van der Waals surface area contributed by atoms with Crippen LogP contribution in [0.15, 0.2) is 33.5 Å². The minimum absolute atomic E-state index is 0.190. The van der Waals surface area contributed by atoms with Gasteiger partial charge in [0.05, 0.1) is 7.11 Å². The minimum atomic E-state index is -0.503. The van der Waals surface area contributed by atoms with Crippen molar-refractivity contribution in [2.24, 2.45) is 0 Å². The number of methoxy groups -OCH3 is 1. The first kappa shape index (κ1) is 11.7. The largest absolute Gasteiger partial charge is 0.497 e. The zero-order valence-corrected chi connectivity index (χ0v) is 10.1. The Balaban J connectivity index is 2.52. The summed E-state index contributed by atoms with van der Waals surface area (Å²) in [4.78, 5) is 15.6. The number of hydrogen-bond acceptors (Lipinski definition) is 4. The monoisotopic (exact) mass is 251 g/mol. The highest BCUT2D eigenvalue weighted by Crippen LogP contribution is 2.20. The van der Waals surface area contributed by atoms with Crippen molar-refractivity contribution in [1.82, 2.24) is 4.98 Å². The molecule has 0 N–H and O–H groups in total. The molecule has 4 nitrogen and oxygen atoms in total. The van der Waals surface area contributed by atoms with E-state index in [1.54, 1.807) is 38.3 Å². The van der Waals surface area contributed by atoms with Crippen molar-refractivity contribution in [2.75, 3.05) is 7.11 Å². The summed E-state index contributed by atoms with van der Waals surface area (Å²) < 4.78 is 10.00. The quantitative estimate of drug-likeness (QED) is 0.823. The lowest BCUT2D eigenvalue weighted by atomic mass is 10.1. The molecule has 88 valence electrons. The van der Waals surface area contributed by atoms with Gasteiger partial charge in [-0.1, -0.05) is 11.6 Å². The van der Waals surface area contributed by atoms with Crippen molar-refractivity contribution in [1.29, 1.82) is 0 Å². The molecule has 17 heavy (non-hydrogen) atoms. The molecule has 0 unspecified atom stereocenters. The van der Waals surface area contributed by atoms with E-state index in [0.717, 1.165) is 0 Å². The van der Waals surface area contributed by atoms with Crippen LogP contribution >= 0.6 is 11.6 Å². The fourth-order valence-corrected chi connectivity index (χ4v) is 1.51. The summed E-state index contributed by atoms with van der Waals surface area (Å²) in [6.45, 7) is 1.59. The van der Waals surface area contributed by atoms with E-state index in [-0.39, 0.29) is 10.8 Å². The second kappa shape index (κ2) is 4.59. The van der Waals surface area contributed by atoms with Gasteiger partial charge in [0.25, 0.3) is 0 Å². The molecule has 0 bridgehead atoms. The molecule has 0 aliphatic heterocycles. The van der Waals surface area contributed by atoms with Crippen molar-refractivity contribution >= 4 is 11.6 Å². The molecule has 2 aromatic rings. The van der Waals surface area contributed by atoms with Gasteiger partial charge in [0.2, 0.25) is 0 Å². The van der Waals surface area contributed by atoms with Crippen LogP contribution in [0.25, 0.3) is 11.3 Å². The Morgan fingerprint density at radius 1 is 1.29 bits per heavy atom. The number of benzene rings is 1. The standard InChI is InChI=1S/C12H10ClNO3/c1-7-11(13)14-10(12(15)17-7)8-3-5-9(16-2)6-4-8/h3-6H,1-2H3. The highest BCUT2D eigenvalue weighted by atomic mass is 35.5. The average Bonchev–Trinajstić information content (AvgIpc) is 2.34. The van der Waals surface area contributed by atoms with Gasteiger partial charge < -0.3 is 9.15 Å². The Hall–Kier alpha value is -1.81. The van der Waals surface area contributed by atoms with Crippen LogP contribution in [-0.4, -0.2) is 12.1 Å². The molecule has 0 aliphatic carbocycles. The highest BCUT2D eigenvalue weighted by molar-refractivity contribution is 6.30. The first-order valence-electron chi connectivity index (χ1n) is 4.93. The second-order valence-corrected chi connectivity index (χ2v) is 3.78. The van der Waals surface area contributed by atoms with Crippen LogP contribution < -0.4 is 10.4 Å². The van der Waals surface area contributed by atoms with E-state index in [0.29, 0.717) is 17.1 Å². The first-order chi connectivity index (χ1) is 8.11. The predicted molar refractivity (Wildman–Crippen MR) is 64.5 cm³/mol. The van der Waals surface area contributed by atoms with Crippen molar-refractivity contribution in [2.45, 2.75) is 6.92 Å². The maximum atomic E-state index is 11.6. The van der Waals surface area contributed by atoms with Gasteiger partial charge in [0.1, 0.15) is 11.5 Å². The summed E-state index contributed by atoms with van der Waals surface area (Å²) in [6, 6.07) is 6.93. The van der Waals surface area contributed by atoms with Gasteiger partial charge in [-0.15, -0.1) is 0 Å². The van der Waals surface area contributed by atoms with Crippen LogP contribution in [0, 0.1) is 6.92 Å². The molecule has 0 saturated heterocycles. The van der Waals surface area contributed by atoms with E-state index >= 15 is 0 Å². The van der Waals surface area contributed by atoms with Crippen LogP contribution in [0.2, 0.25) is 5.15 Å². The summed E-state index contributed by atoms with van der Waals surface area (Å²) in [6.07, 6.45) is 0. The number of hydrogen-bond donors (Lipinski definition) is 0. The van der Waals surface area contributed by atoms with E-state index in [4.69, 9.17) is 20.8 Å². The van der Waals surface area contributed by atoms with Crippen LogP contribution in [0.4, 0.5) is 0 Å². The molecule has 0 radical (unpaired) electrons. The molecule has 0 atom stereocenters. The van der Waals surface area contributed by atoms with Gasteiger partial charge >= 0.3 is 5.63 Å². The van der Waals surface area contributed by atoms with E-state index in [1.165, 1.54) is 0 Å². The fraction of sp³-hybridized carbons (Fsp3) is 0.167. The normalized spacial score (nSPS) is 10.3. The van der Waals surface area contributed by atoms with Crippen molar-refractivity contribution in [3.8, 4) is 17.0 Å². The second-order valence-electron chi connectivity index (χ2n) is 3.43. The molecule has 2 rings (SSSR count). The Morgan fingerprint density at radius 2 is 1.94 bits per heavy atom. The Bertz CT molecular complexity index is 590. The van der Waals surface area contributed by atoms with Crippen molar-refractivity contribution < 1.29 is 9.15 Å². The van der Waals surface area contributed by atoms with Gasteiger partial charge in [-0.05, 0) is 31.2 Å². The molecular formula is C12H10ClNO3. The molecule has 5 heteroatoms. The van der Waals surface area contributed by atoms with Gasteiger partial charge in [0, 0.05) is 5.56 Å². The van der Waals surface area contributed by atoms with Crippen LogP contribution in [-0.2, 0) is 0 Å². The fourth-order valence-electron chi connectivity index (χ4n) is 1.38. The number of ether oxygens (including phenoxy) is 1. The molecular weight excluding hydrogens is 242 g/mol. The number of aryl methyl sites for hydroxylation is 1. The summed E-state index contributed by atoms with van der Waals surface area (Å²) in [5.41, 5.74) is 0.335. The predicted octanol–water partition coefficient (Wildman–Crippen LogP) is 2.67. The third-order valence-electron chi connectivity index (χ3n) is 2.30. The minimum Gasteiger partial charge on any atom is -0.497 e. The molecule has 0 saturated carbocycles.